The number of carbonyl (C=O) groups is 4. The highest BCUT2D eigenvalue weighted by Crippen LogP contribution is 2.65. The number of amides is 4. The van der Waals surface area contributed by atoms with E-state index in [4.69, 9.17) is 23.2 Å². The normalized spacial score (nSPS) is 31.3. The molecule has 2 bridgehead atoms. The average molecular weight is 543 g/mol. The monoisotopic (exact) mass is 542 g/mol. The molecule has 3 fully saturated rings. The molecule has 6 nitrogen and oxygen atoms in total. The van der Waals surface area contributed by atoms with Gasteiger partial charge < -0.3 is 0 Å². The maximum atomic E-state index is 14.2. The Balaban J connectivity index is 1.42. The van der Waals surface area contributed by atoms with E-state index in [-0.39, 0.29) is 23.6 Å². The molecule has 0 radical (unpaired) electrons. The maximum absolute atomic E-state index is 14.2. The van der Waals surface area contributed by atoms with E-state index in [1.165, 1.54) is 9.80 Å². The summed E-state index contributed by atoms with van der Waals surface area (Å²) in [5.41, 5.74) is 0.421. The number of anilines is 2. The molecule has 4 amide bonds. The van der Waals surface area contributed by atoms with Crippen LogP contribution >= 0.6 is 23.2 Å². The number of rotatable bonds is 3. The first-order valence-electron chi connectivity index (χ1n) is 12.4. The summed E-state index contributed by atoms with van der Waals surface area (Å²) in [7, 11) is 0. The quantitative estimate of drug-likeness (QED) is 0.343. The molecule has 3 aromatic carbocycles. The molecular weight excluding hydrogens is 523 g/mol. The van der Waals surface area contributed by atoms with Crippen LogP contribution in [0.5, 0.6) is 0 Å². The number of nitrogens with zero attached hydrogens (tertiary/aromatic N) is 2. The number of carbonyl (C=O) groups excluding carboxylic acids is 4. The van der Waals surface area contributed by atoms with Crippen LogP contribution in [0.1, 0.15) is 5.56 Å². The van der Waals surface area contributed by atoms with E-state index in [9.17, 15) is 19.2 Å². The van der Waals surface area contributed by atoms with Crippen LogP contribution in [0.15, 0.2) is 91.0 Å². The van der Waals surface area contributed by atoms with Crippen molar-refractivity contribution in [3.63, 3.8) is 0 Å². The minimum absolute atomic E-state index is 0.361. The molecule has 2 heterocycles. The molecule has 1 saturated carbocycles. The third-order valence-corrected chi connectivity index (χ3v) is 9.10. The number of allylic oxidation sites excluding steroid dienone is 2. The fraction of sp³-hybridized carbons (Fsp3) is 0.200. The van der Waals surface area contributed by atoms with Crippen LogP contribution in [0.3, 0.4) is 0 Å². The zero-order valence-corrected chi connectivity index (χ0v) is 21.3. The van der Waals surface area contributed by atoms with Crippen LogP contribution in [0, 0.1) is 29.6 Å². The zero-order valence-electron chi connectivity index (χ0n) is 19.8. The van der Waals surface area contributed by atoms with Gasteiger partial charge in [0.1, 0.15) is 0 Å². The van der Waals surface area contributed by atoms with Gasteiger partial charge in [-0.15, -0.1) is 0 Å². The molecule has 188 valence electrons. The van der Waals surface area contributed by atoms with Crippen LogP contribution in [0.4, 0.5) is 11.4 Å². The summed E-state index contributed by atoms with van der Waals surface area (Å²) in [6, 6.07) is 22.4. The van der Waals surface area contributed by atoms with Gasteiger partial charge in [0.2, 0.25) is 23.6 Å². The summed E-state index contributed by atoms with van der Waals surface area (Å²) in [6.45, 7) is 0. The van der Waals surface area contributed by atoms with Crippen LogP contribution in [-0.4, -0.2) is 23.6 Å². The fourth-order valence-corrected chi connectivity index (χ4v) is 7.42. The minimum atomic E-state index is -1.16. The van der Waals surface area contributed by atoms with Gasteiger partial charge in [-0.25, -0.2) is 9.80 Å². The Hall–Kier alpha value is -3.74. The number of hydrogen-bond acceptors (Lipinski definition) is 4. The average Bonchev–Trinajstić information content (AvgIpc) is 3.37. The maximum Gasteiger partial charge on any atom is 0.238 e. The molecule has 38 heavy (non-hydrogen) atoms. The first-order chi connectivity index (χ1) is 18.3. The van der Waals surface area contributed by atoms with Crippen molar-refractivity contribution in [2.24, 2.45) is 29.6 Å². The van der Waals surface area contributed by atoms with Gasteiger partial charge in [0.25, 0.3) is 0 Å². The standard InChI is InChI=1S/C30H20Cl2N2O4/c31-17-6-10-19(11-7-17)33-26(35)22-21-14-15-30(24(22)28(33)37,16-4-2-1-3-5-16)25-23(21)27(36)34(29(25)38)20-12-8-18(32)9-13-20/h1-15,21-25H/t21?,22-,23-,24-,25+,30?/m0/s1. The third-order valence-electron chi connectivity index (χ3n) is 8.60. The molecule has 0 spiro atoms. The molecule has 2 saturated heterocycles. The summed E-state index contributed by atoms with van der Waals surface area (Å²) >= 11 is 12.1. The van der Waals surface area contributed by atoms with Crippen LogP contribution in [-0.2, 0) is 24.6 Å². The fourth-order valence-electron chi connectivity index (χ4n) is 7.17. The molecule has 2 unspecified atom stereocenters. The molecule has 8 rings (SSSR count). The highest BCUT2D eigenvalue weighted by molar-refractivity contribution is 6.31. The second-order valence-corrected chi connectivity index (χ2v) is 11.1. The van der Waals surface area contributed by atoms with Crippen molar-refractivity contribution in [2.45, 2.75) is 5.41 Å². The topological polar surface area (TPSA) is 74.8 Å². The predicted octanol–water partition coefficient (Wildman–Crippen LogP) is 5.04. The lowest BCUT2D eigenvalue weighted by molar-refractivity contribution is -0.140. The summed E-state index contributed by atoms with van der Waals surface area (Å²) in [6.07, 6.45) is 3.78. The molecule has 5 aliphatic rings. The Labute approximate surface area is 228 Å². The van der Waals surface area contributed by atoms with Crippen molar-refractivity contribution >= 4 is 58.2 Å². The molecule has 3 aromatic rings. The molecular formula is C30H20Cl2N2O4. The second-order valence-electron chi connectivity index (χ2n) is 10.2. The lowest BCUT2D eigenvalue weighted by atomic mass is 9.45. The summed E-state index contributed by atoms with van der Waals surface area (Å²) in [4.78, 5) is 58.7. The van der Waals surface area contributed by atoms with Gasteiger partial charge in [-0.3, -0.25) is 19.2 Å². The van der Waals surface area contributed by atoms with Crippen LogP contribution in [0.25, 0.3) is 0 Å². The Morgan fingerprint density at radius 3 is 1.47 bits per heavy atom. The molecule has 8 heteroatoms. The van der Waals surface area contributed by atoms with Crippen LogP contribution in [0.2, 0.25) is 10.0 Å². The molecule has 0 aromatic heterocycles. The van der Waals surface area contributed by atoms with Crippen LogP contribution < -0.4 is 9.80 Å². The van der Waals surface area contributed by atoms with E-state index in [0.29, 0.717) is 21.4 Å². The first-order valence-corrected chi connectivity index (χ1v) is 13.1. The van der Waals surface area contributed by atoms with E-state index in [1.54, 1.807) is 48.5 Å². The SMILES string of the molecule is O=C1[C@@H]2[C@@H](C(=O)N1c1ccc(Cl)cc1)C1C=CC2(c2ccccc2)[C@H]2C(=O)N(c3ccc(Cl)cc3)C(=O)[C@@H]12. The Kier molecular flexibility index (Phi) is 5.00. The second kappa shape index (κ2) is 8.13. The highest BCUT2D eigenvalue weighted by atomic mass is 35.5. The zero-order chi connectivity index (χ0) is 26.3. The van der Waals surface area contributed by atoms with Crippen molar-refractivity contribution in [3.05, 3.63) is 107 Å². The summed E-state index contributed by atoms with van der Waals surface area (Å²) in [5, 5.41) is 0.974. The molecule has 3 aliphatic carbocycles. The Morgan fingerprint density at radius 1 is 0.579 bits per heavy atom. The van der Waals surface area contributed by atoms with E-state index in [2.05, 4.69) is 0 Å². The Bertz CT molecular complexity index is 1460. The van der Waals surface area contributed by atoms with E-state index < -0.39 is 35.0 Å². The molecule has 6 atom stereocenters. The summed E-state index contributed by atoms with van der Waals surface area (Å²) < 4.78 is 0. The predicted molar refractivity (Wildman–Crippen MR) is 143 cm³/mol. The van der Waals surface area contributed by atoms with Gasteiger partial charge in [0.15, 0.2) is 0 Å². The summed E-state index contributed by atoms with van der Waals surface area (Å²) in [5.74, 6) is -5.25. The van der Waals surface area contributed by atoms with Crippen molar-refractivity contribution < 1.29 is 19.2 Å². The Morgan fingerprint density at radius 2 is 1.03 bits per heavy atom. The van der Waals surface area contributed by atoms with E-state index in [1.807, 2.05) is 42.5 Å². The van der Waals surface area contributed by atoms with Crippen molar-refractivity contribution in [1.29, 1.82) is 0 Å². The minimum Gasteiger partial charge on any atom is -0.274 e. The number of hydrogen-bond donors (Lipinski definition) is 0. The lowest BCUT2D eigenvalue weighted by Crippen LogP contribution is -2.60. The van der Waals surface area contributed by atoms with E-state index >= 15 is 0 Å². The molecule has 2 aliphatic heterocycles. The number of imide groups is 2. The third kappa shape index (κ3) is 2.90. The van der Waals surface area contributed by atoms with Gasteiger partial charge in [0.05, 0.1) is 35.0 Å². The van der Waals surface area contributed by atoms with Gasteiger partial charge in [0, 0.05) is 21.4 Å². The van der Waals surface area contributed by atoms with Crippen molar-refractivity contribution in [3.8, 4) is 0 Å². The van der Waals surface area contributed by atoms with Gasteiger partial charge >= 0.3 is 0 Å². The smallest absolute Gasteiger partial charge is 0.238 e. The van der Waals surface area contributed by atoms with E-state index in [0.717, 1.165) is 5.56 Å². The lowest BCUT2D eigenvalue weighted by Gasteiger charge is -2.53. The van der Waals surface area contributed by atoms with Gasteiger partial charge in [-0.05, 0) is 54.1 Å². The highest BCUT2D eigenvalue weighted by Gasteiger charge is 2.75. The molecule has 0 N–H and O–H groups in total. The largest absolute Gasteiger partial charge is 0.274 e. The van der Waals surface area contributed by atoms with Gasteiger partial charge in [-0.2, -0.15) is 0 Å². The first kappa shape index (κ1) is 23.4. The van der Waals surface area contributed by atoms with Crippen molar-refractivity contribution in [1.82, 2.24) is 0 Å². The van der Waals surface area contributed by atoms with Gasteiger partial charge in [-0.1, -0.05) is 65.7 Å². The number of halogens is 2. The van der Waals surface area contributed by atoms with Crippen molar-refractivity contribution in [2.75, 3.05) is 9.80 Å². The number of benzene rings is 3.